The Morgan fingerprint density at radius 2 is 1.84 bits per heavy atom. The van der Waals surface area contributed by atoms with E-state index in [0.29, 0.717) is 35.2 Å². The first-order chi connectivity index (χ1) is 12.1. The van der Waals surface area contributed by atoms with Crippen LogP contribution in [0.25, 0.3) is 0 Å². The summed E-state index contributed by atoms with van der Waals surface area (Å²) in [6.45, 7) is 0.608. The molecule has 130 valence electrons. The Labute approximate surface area is 150 Å². The minimum atomic E-state index is -0.0548. The number of carbonyl (C=O) groups excluding carboxylic acids is 1. The highest BCUT2D eigenvalue weighted by Gasteiger charge is 2.23. The quantitative estimate of drug-likeness (QED) is 0.829. The van der Waals surface area contributed by atoms with Crippen molar-refractivity contribution in [3.63, 3.8) is 0 Å². The van der Waals surface area contributed by atoms with Gasteiger partial charge in [0.2, 0.25) is 5.12 Å². The van der Waals surface area contributed by atoms with Gasteiger partial charge >= 0.3 is 0 Å². The number of hydrogen-bond acceptors (Lipinski definition) is 7. The van der Waals surface area contributed by atoms with E-state index in [2.05, 4.69) is 5.10 Å². The average Bonchev–Trinajstić information content (AvgIpc) is 2.64. The zero-order chi connectivity index (χ0) is 17.8. The van der Waals surface area contributed by atoms with Crippen molar-refractivity contribution in [2.24, 2.45) is 5.10 Å². The lowest BCUT2D eigenvalue weighted by Crippen LogP contribution is -2.29. The largest absolute Gasteiger partial charge is 0.493 e. The monoisotopic (exact) mass is 357 g/mol. The number of carbonyl (C=O) groups is 1. The van der Waals surface area contributed by atoms with Gasteiger partial charge in [0.25, 0.3) is 0 Å². The minimum Gasteiger partial charge on any atom is -0.493 e. The number of benzene rings is 2. The fourth-order valence-electron chi connectivity index (χ4n) is 2.49. The van der Waals surface area contributed by atoms with E-state index in [4.69, 9.17) is 15.2 Å². The molecule has 0 radical (unpaired) electrons. The van der Waals surface area contributed by atoms with Gasteiger partial charge in [-0.1, -0.05) is 23.9 Å². The number of thioether (sulfide) groups is 1. The van der Waals surface area contributed by atoms with E-state index in [1.165, 1.54) is 11.8 Å². The normalized spacial score (nSPS) is 14.2. The third-order valence-electron chi connectivity index (χ3n) is 3.78. The molecule has 0 amide bonds. The van der Waals surface area contributed by atoms with Crippen molar-refractivity contribution in [3.8, 4) is 11.5 Å². The number of rotatable bonds is 5. The van der Waals surface area contributed by atoms with Gasteiger partial charge in [-0.3, -0.25) is 9.80 Å². The highest BCUT2D eigenvalue weighted by molar-refractivity contribution is 8.15. The molecule has 25 heavy (non-hydrogen) atoms. The van der Waals surface area contributed by atoms with Gasteiger partial charge in [0.05, 0.1) is 26.6 Å². The van der Waals surface area contributed by atoms with Crippen LogP contribution >= 0.6 is 11.8 Å². The Hall–Kier alpha value is -2.67. The molecule has 0 aliphatic carbocycles. The van der Waals surface area contributed by atoms with Crippen molar-refractivity contribution >= 4 is 28.3 Å². The zero-order valence-corrected chi connectivity index (χ0v) is 14.9. The van der Waals surface area contributed by atoms with Crippen LogP contribution in [-0.2, 0) is 11.3 Å². The Balaban J connectivity index is 1.87. The lowest BCUT2D eigenvalue weighted by Gasteiger charge is -2.24. The van der Waals surface area contributed by atoms with Crippen LogP contribution in [0.2, 0.25) is 0 Å². The maximum Gasteiger partial charge on any atom is 0.241 e. The number of nitrogen functional groups attached to an aromatic ring is 1. The lowest BCUT2D eigenvalue weighted by atomic mass is 10.1. The van der Waals surface area contributed by atoms with Gasteiger partial charge in [0.15, 0.2) is 11.5 Å². The fourth-order valence-corrected chi connectivity index (χ4v) is 3.20. The molecule has 0 atom stereocenters. The molecule has 7 heteroatoms. The lowest BCUT2D eigenvalue weighted by molar-refractivity contribution is -0.105. The standard InChI is InChI=1S/C18H19N3O3S/c1-23-15-8-5-13(9-16(15)24-2)17-18(22)25-11-21(20-17)10-12-3-6-14(19)7-4-12/h3-9H,10-11,19H2,1-2H3. The predicted octanol–water partition coefficient (Wildman–Crippen LogP) is 2.72. The number of ether oxygens (including phenoxy) is 2. The zero-order valence-electron chi connectivity index (χ0n) is 14.1. The van der Waals surface area contributed by atoms with Crippen molar-refractivity contribution in [2.75, 3.05) is 25.8 Å². The molecule has 3 rings (SSSR count). The SMILES string of the molecule is COc1ccc(C2=NN(Cc3ccc(N)cc3)CSC2=O)cc1OC. The summed E-state index contributed by atoms with van der Waals surface area (Å²) < 4.78 is 10.6. The van der Waals surface area contributed by atoms with Gasteiger partial charge in [-0.05, 0) is 35.9 Å². The highest BCUT2D eigenvalue weighted by Crippen LogP contribution is 2.29. The molecule has 0 unspecified atom stereocenters. The smallest absolute Gasteiger partial charge is 0.241 e. The molecular weight excluding hydrogens is 338 g/mol. The first-order valence-electron chi connectivity index (χ1n) is 7.68. The van der Waals surface area contributed by atoms with E-state index in [9.17, 15) is 4.79 Å². The third-order valence-corrected chi connectivity index (χ3v) is 4.66. The molecule has 0 fully saturated rings. The Bertz CT molecular complexity index is 806. The number of anilines is 1. The highest BCUT2D eigenvalue weighted by atomic mass is 32.2. The summed E-state index contributed by atoms with van der Waals surface area (Å²) in [7, 11) is 3.14. The molecule has 2 N–H and O–H groups in total. The van der Waals surface area contributed by atoms with E-state index in [0.717, 1.165) is 11.3 Å². The Morgan fingerprint density at radius 3 is 2.52 bits per heavy atom. The van der Waals surface area contributed by atoms with E-state index in [-0.39, 0.29) is 5.12 Å². The summed E-state index contributed by atoms with van der Waals surface area (Å²) in [5, 5.41) is 6.34. The van der Waals surface area contributed by atoms with Crippen molar-refractivity contribution in [1.82, 2.24) is 5.01 Å². The molecule has 0 saturated heterocycles. The van der Waals surface area contributed by atoms with E-state index >= 15 is 0 Å². The number of nitrogens with two attached hydrogens (primary N) is 1. The summed E-state index contributed by atoms with van der Waals surface area (Å²) in [6, 6.07) is 13.0. The van der Waals surface area contributed by atoms with Crippen LogP contribution in [0.5, 0.6) is 11.5 Å². The van der Waals surface area contributed by atoms with Crippen molar-refractivity contribution in [3.05, 3.63) is 53.6 Å². The van der Waals surface area contributed by atoms with E-state index in [1.54, 1.807) is 26.4 Å². The van der Waals surface area contributed by atoms with Gasteiger partial charge in [0, 0.05) is 11.3 Å². The van der Waals surface area contributed by atoms with Crippen molar-refractivity contribution in [2.45, 2.75) is 6.54 Å². The van der Waals surface area contributed by atoms with Crippen LogP contribution in [-0.4, -0.2) is 35.9 Å². The predicted molar refractivity (Wildman–Crippen MR) is 99.9 cm³/mol. The van der Waals surface area contributed by atoms with Gasteiger partial charge < -0.3 is 15.2 Å². The summed E-state index contributed by atoms with van der Waals surface area (Å²) in [6.07, 6.45) is 0. The summed E-state index contributed by atoms with van der Waals surface area (Å²) in [4.78, 5) is 12.3. The van der Waals surface area contributed by atoms with Crippen molar-refractivity contribution < 1.29 is 14.3 Å². The van der Waals surface area contributed by atoms with Crippen molar-refractivity contribution in [1.29, 1.82) is 0 Å². The van der Waals surface area contributed by atoms with Crippen LogP contribution in [0.15, 0.2) is 47.6 Å². The molecular formula is C18H19N3O3S. The van der Waals surface area contributed by atoms with Crippen LogP contribution in [0.3, 0.4) is 0 Å². The van der Waals surface area contributed by atoms with E-state index < -0.39 is 0 Å². The first kappa shape index (κ1) is 17.2. The minimum absolute atomic E-state index is 0.0548. The van der Waals surface area contributed by atoms with Gasteiger partial charge in [-0.15, -0.1) is 0 Å². The van der Waals surface area contributed by atoms with Gasteiger partial charge in [-0.25, -0.2) is 0 Å². The first-order valence-corrected chi connectivity index (χ1v) is 8.66. The van der Waals surface area contributed by atoms with Gasteiger partial charge in [0.1, 0.15) is 5.71 Å². The average molecular weight is 357 g/mol. The molecule has 1 heterocycles. The molecule has 1 aliphatic rings. The molecule has 1 aliphatic heterocycles. The molecule has 2 aromatic carbocycles. The number of hydrogen-bond donors (Lipinski definition) is 1. The third kappa shape index (κ3) is 3.88. The van der Waals surface area contributed by atoms with Crippen LogP contribution < -0.4 is 15.2 Å². The molecule has 0 spiro atoms. The maximum atomic E-state index is 12.3. The van der Waals surface area contributed by atoms with Crippen LogP contribution in [0.4, 0.5) is 5.69 Å². The number of hydrazone groups is 1. The van der Waals surface area contributed by atoms with Gasteiger partial charge in [-0.2, -0.15) is 5.10 Å². The Morgan fingerprint density at radius 1 is 1.12 bits per heavy atom. The van der Waals surface area contributed by atoms with Crippen LogP contribution in [0, 0.1) is 0 Å². The topological polar surface area (TPSA) is 77.1 Å². The summed E-state index contributed by atoms with van der Waals surface area (Å²) >= 11 is 1.23. The molecule has 0 bridgehead atoms. The maximum absolute atomic E-state index is 12.3. The molecule has 0 aromatic heterocycles. The van der Waals surface area contributed by atoms with Crippen LogP contribution in [0.1, 0.15) is 11.1 Å². The molecule has 6 nitrogen and oxygen atoms in total. The summed E-state index contributed by atoms with van der Waals surface area (Å²) in [5.41, 5.74) is 8.64. The second-order valence-electron chi connectivity index (χ2n) is 5.49. The second-order valence-corrected chi connectivity index (χ2v) is 6.40. The number of nitrogens with zero attached hydrogens (tertiary/aromatic N) is 2. The molecule has 0 saturated carbocycles. The second kappa shape index (κ2) is 7.48. The van der Waals surface area contributed by atoms with E-state index in [1.807, 2.05) is 35.3 Å². The molecule has 2 aromatic rings. The summed E-state index contributed by atoms with van der Waals surface area (Å²) in [5.74, 6) is 1.69. The Kier molecular flexibility index (Phi) is 5.14. The number of methoxy groups -OCH3 is 2. The fraction of sp³-hybridized carbons (Fsp3) is 0.222.